The van der Waals surface area contributed by atoms with E-state index in [-0.39, 0.29) is 78.4 Å². The summed E-state index contributed by atoms with van der Waals surface area (Å²) in [7, 11) is 0. The summed E-state index contributed by atoms with van der Waals surface area (Å²) in [6.07, 6.45) is 0.457. The van der Waals surface area contributed by atoms with Crippen molar-refractivity contribution in [3.63, 3.8) is 0 Å². The number of benzene rings is 4. The SMILES string of the molecule is CCN(CC)c1ccc(CCC(=O)c2ccccc2C(=O)N2CCN(C(=O)c3ccccc3C(=O)c3ccc(N(CC)CC)cc3O)CC2)c(O)c1. The molecule has 0 aromatic heterocycles. The van der Waals surface area contributed by atoms with Crippen LogP contribution >= 0.6 is 0 Å². The predicted octanol–water partition coefficient (Wildman–Crippen LogP) is 6.43. The summed E-state index contributed by atoms with van der Waals surface area (Å²) in [6, 6.07) is 23.8. The summed E-state index contributed by atoms with van der Waals surface area (Å²) in [4.78, 5) is 62.1. The van der Waals surface area contributed by atoms with Gasteiger partial charge in [-0.25, -0.2) is 0 Å². The van der Waals surface area contributed by atoms with E-state index in [9.17, 15) is 29.4 Å². The number of hydrogen-bond donors (Lipinski definition) is 2. The molecule has 0 aliphatic carbocycles. The lowest BCUT2D eigenvalue weighted by Gasteiger charge is -2.35. The third-order valence-electron chi connectivity index (χ3n) is 9.89. The van der Waals surface area contributed by atoms with Gasteiger partial charge in [-0.2, -0.15) is 0 Å². The van der Waals surface area contributed by atoms with Crippen LogP contribution in [0.3, 0.4) is 0 Å². The van der Waals surface area contributed by atoms with Crippen molar-refractivity contribution >= 4 is 34.8 Å². The summed E-state index contributed by atoms with van der Waals surface area (Å²) < 4.78 is 0. The molecule has 0 bridgehead atoms. The Balaban J connectivity index is 1.24. The summed E-state index contributed by atoms with van der Waals surface area (Å²) in [5.41, 5.74) is 3.56. The normalized spacial score (nSPS) is 12.8. The number of aryl methyl sites for hydroxylation is 1. The first-order valence-corrected chi connectivity index (χ1v) is 18.1. The number of amides is 2. The molecule has 2 amide bonds. The molecule has 1 fully saturated rings. The molecule has 52 heavy (non-hydrogen) atoms. The lowest BCUT2D eigenvalue weighted by molar-refractivity contribution is 0.0533. The van der Waals surface area contributed by atoms with Gasteiger partial charge < -0.3 is 29.8 Å². The van der Waals surface area contributed by atoms with Crippen molar-refractivity contribution in [3.05, 3.63) is 118 Å². The van der Waals surface area contributed by atoms with Crippen LogP contribution < -0.4 is 9.80 Å². The average molecular weight is 705 g/mol. The van der Waals surface area contributed by atoms with E-state index in [1.165, 1.54) is 0 Å². The highest BCUT2D eigenvalue weighted by molar-refractivity contribution is 6.16. The van der Waals surface area contributed by atoms with Crippen molar-refractivity contribution in [1.82, 2.24) is 9.80 Å². The first kappa shape index (κ1) is 37.6. The minimum Gasteiger partial charge on any atom is -0.508 e. The topological polar surface area (TPSA) is 122 Å². The van der Waals surface area contributed by atoms with E-state index < -0.39 is 5.78 Å². The van der Waals surface area contributed by atoms with Crippen molar-refractivity contribution in [2.24, 2.45) is 0 Å². The van der Waals surface area contributed by atoms with E-state index in [0.717, 1.165) is 37.6 Å². The van der Waals surface area contributed by atoms with Crippen molar-refractivity contribution < 1.29 is 29.4 Å². The summed E-state index contributed by atoms with van der Waals surface area (Å²) in [5.74, 6) is -1.27. The van der Waals surface area contributed by atoms with Crippen molar-refractivity contribution in [2.75, 3.05) is 62.2 Å². The van der Waals surface area contributed by atoms with E-state index in [1.54, 1.807) is 82.6 Å². The Bertz CT molecular complexity index is 1930. The van der Waals surface area contributed by atoms with Crippen LogP contribution in [0.25, 0.3) is 0 Å². The number of rotatable bonds is 14. The number of carbonyl (C=O) groups excluding carboxylic acids is 4. The maximum absolute atomic E-state index is 13.8. The standard InChI is InChI=1S/C42H48N4O6/c1-5-43(6-2)30-19-17-29(38(48)27-30)18-22-37(47)32-13-9-11-15-34(32)41(51)45-23-25-46(26-24-45)42(52)35-16-12-10-14-33(35)40(50)36-21-20-31(28-39(36)49)44(7-3)8-4/h9-17,19-21,27-28,48-49H,5-8,18,22-26H2,1-4H3. The minimum atomic E-state index is -0.450. The highest BCUT2D eigenvalue weighted by atomic mass is 16.3. The fourth-order valence-electron chi connectivity index (χ4n) is 6.81. The second-order valence-electron chi connectivity index (χ2n) is 12.8. The zero-order valence-electron chi connectivity index (χ0n) is 30.5. The Labute approximate surface area is 305 Å². The number of Topliss-reactive ketones (excluding diaryl/α,β-unsaturated/α-hetero) is 1. The third-order valence-corrected chi connectivity index (χ3v) is 9.89. The molecule has 0 radical (unpaired) electrons. The Morgan fingerprint density at radius 2 is 1.00 bits per heavy atom. The molecule has 0 atom stereocenters. The maximum Gasteiger partial charge on any atom is 0.254 e. The number of piperazine rings is 1. The number of phenols is 2. The summed E-state index contributed by atoms with van der Waals surface area (Å²) in [6.45, 7) is 12.3. The zero-order valence-corrected chi connectivity index (χ0v) is 30.5. The van der Waals surface area contributed by atoms with Gasteiger partial charge >= 0.3 is 0 Å². The lowest BCUT2D eigenvalue weighted by atomic mass is 9.96. The van der Waals surface area contributed by atoms with Crippen LogP contribution in [0.1, 0.15) is 86.7 Å². The molecule has 10 heteroatoms. The second-order valence-corrected chi connectivity index (χ2v) is 12.8. The number of phenolic OH excluding ortho intramolecular Hbond substituents is 2. The summed E-state index contributed by atoms with van der Waals surface area (Å²) >= 11 is 0. The van der Waals surface area contributed by atoms with E-state index in [1.807, 2.05) is 26.0 Å². The van der Waals surface area contributed by atoms with Gasteiger partial charge in [0.15, 0.2) is 11.6 Å². The van der Waals surface area contributed by atoms with Crippen LogP contribution in [0.15, 0.2) is 84.9 Å². The molecule has 1 heterocycles. The minimum absolute atomic E-state index is 0.116. The van der Waals surface area contributed by atoms with E-state index in [2.05, 4.69) is 23.6 Å². The number of anilines is 2. The molecule has 1 aliphatic rings. The van der Waals surface area contributed by atoms with Crippen molar-refractivity contribution in [1.29, 1.82) is 0 Å². The molecule has 0 unspecified atom stereocenters. The molecular formula is C42H48N4O6. The molecule has 0 saturated carbocycles. The third kappa shape index (κ3) is 8.12. The van der Waals surface area contributed by atoms with Gasteiger partial charge in [0.25, 0.3) is 11.8 Å². The Hall–Kier alpha value is -5.64. The lowest BCUT2D eigenvalue weighted by Crippen LogP contribution is -2.51. The van der Waals surface area contributed by atoms with Gasteiger partial charge in [-0.05, 0) is 70.0 Å². The van der Waals surface area contributed by atoms with Crippen LogP contribution in [-0.4, -0.2) is 95.8 Å². The molecule has 0 spiro atoms. The van der Waals surface area contributed by atoms with Crippen LogP contribution in [0, 0.1) is 0 Å². The zero-order chi connectivity index (χ0) is 37.4. The smallest absolute Gasteiger partial charge is 0.254 e. The van der Waals surface area contributed by atoms with Gasteiger partial charge in [-0.3, -0.25) is 19.2 Å². The molecule has 5 rings (SSSR count). The number of aromatic hydroxyl groups is 2. The Kier molecular flexibility index (Phi) is 12.3. The fraction of sp³-hybridized carbons (Fsp3) is 0.333. The number of carbonyl (C=O) groups is 4. The molecule has 272 valence electrons. The van der Waals surface area contributed by atoms with Gasteiger partial charge in [0, 0.05) is 93.4 Å². The quantitative estimate of drug-likeness (QED) is 0.144. The highest BCUT2D eigenvalue weighted by Crippen LogP contribution is 2.29. The second kappa shape index (κ2) is 17.0. The molecular weight excluding hydrogens is 656 g/mol. The van der Waals surface area contributed by atoms with Crippen molar-refractivity contribution in [3.8, 4) is 11.5 Å². The van der Waals surface area contributed by atoms with Gasteiger partial charge in [0.2, 0.25) is 0 Å². The largest absolute Gasteiger partial charge is 0.508 e. The molecule has 4 aromatic rings. The van der Waals surface area contributed by atoms with Crippen molar-refractivity contribution in [2.45, 2.75) is 40.5 Å². The molecule has 2 N–H and O–H groups in total. The van der Waals surface area contributed by atoms with Crippen LogP contribution in [-0.2, 0) is 6.42 Å². The first-order chi connectivity index (χ1) is 25.1. The molecule has 1 aliphatic heterocycles. The number of hydrogen-bond acceptors (Lipinski definition) is 8. The van der Waals surface area contributed by atoms with Crippen LogP contribution in [0.4, 0.5) is 11.4 Å². The van der Waals surface area contributed by atoms with Gasteiger partial charge in [-0.15, -0.1) is 0 Å². The predicted molar refractivity (Wildman–Crippen MR) is 204 cm³/mol. The first-order valence-electron chi connectivity index (χ1n) is 18.1. The number of ketones is 2. The molecule has 10 nitrogen and oxygen atoms in total. The van der Waals surface area contributed by atoms with Gasteiger partial charge in [-0.1, -0.05) is 42.5 Å². The highest BCUT2D eigenvalue weighted by Gasteiger charge is 2.30. The van der Waals surface area contributed by atoms with Crippen LogP contribution in [0.2, 0.25) is 0 Å². The molecule has 1 saturated heterocycles. The monoisotopic (exact) mass is 704 g/mol. The van der Waals surface area contributed by atoms with E-state index in [4.69, 9.17) is 0 Å². The molecule has 4 aromatic carbocycles. The Morgan fingerprint density at radius 1 is 0.558 bits per heavy atom. The maximum atomic E-state index is 13.8. The van der Waals surface area contributed by atoms with E-state index in [0.29, 0.717) is 23.1 Å². The summed E-state index contributed by atoms with van der Waals surface area (Å²) in [5, 5.41) is 21.4. The number of nitrogens with zero attached hydrogens (tertiary/aromatic N) is 4. The van der Waals surface area contributed by atoms with E-state index >= 15 is 0 Å². The van der Waals surface area contributed by atoms with Crippen LogP contribution in [0.5, 0.6) is 11.5 Å². The Morgan fingerprint density at radius 3 is 1.48 bits per heavy atom. The average Bonchev–Trinajstić information content (AvgIpc) is 3.17. The fourth-order valence-corrected chi connectivity index (χ4v) is 6.81. The van der Waals surface area contributed by atoms with Gasteiger partial charge in [0.1, 0.15) is 11.5 Å². The van der Waals surface area contributed by atoms with Gasteiger partial charge in [0.05, 0.1) is 16.7 Å².